The van der Waals surface area contributed by atoms with Crippen molar-refractivity contribution in [2.45, 2.75) is 38.7 Å². The van der Waals surface area contributed by atoms with E-state index in [1.165, 1.54) is 18.1 Å². The molecule has 1 unspecified atom stereocenters. The number of methoxy groups -OCH3 is 1. The van der Waals surface area contributed by atoms with Crippen LogP contribution in [0.5, 0.6) is 5.75 Å². The largest absolute Gasteiger partial charge is 0.497 e. The predicted octanol–water partition coefficient (Wildman–Crippen LogP) is 2.51. The predicted molar refractivity (Wildman–Crippen MR) is 65.2 cm³/mol. The Hall–Kier alpha value is -1.51. The zero-order valence-corrected chi connectivity index (χ0v) is 10.4. The van der Waals surface area contributed by atoms with E-state index in [1.54, 1.807) is 7.11 Å². The third-order valence-electron chi connectivity index (χ3n) is 3.17. The maximum atomic E-state index is 11.0. The van der Waals surface area contributed by atoms with E-state index in [4.69, 9.17) is 9.47 Å². The van der Waals surface area contributed by atoms with E-state index in [-0.39, 0.29) is 12.1 Å². The average molecular weight is 234 g/mol. The van der Waals surface area contributed by atoms with Crippen LogP contribution in [-0.4, -0.2) is 19.2 Å². The monoisotopic (exact) mass is 234 g/mol. The van der Waals surface area contributed by atoms with E-state index in [1.807, 2.05) is 6.07 Å². The van der Waals surface area contributed by atoms with Gasteiger partial charge >= 0.3 is 5.97 Å². The summed E-state index contributed by atoms with van der Waals surface area (Å²) in [5, 5.41) is 0. The van der Waals surface area contributed by atoms with Gasteiger partial charge in [0, 0.05) is 13.3 Å². The number of aryl methyl sites for hydroxylation is 1. The molecular formula is C14H18O3. The van der Waals surface area contributed by atoms with Crippen LogP contribution in [0, 0.1) is 0 Å². The van der Waals surface area contributed by atoms with E-state index in [0.29, 0.717) is 0 Å². The van der Waals surface area contributed by atoms with Crippen LogP contribution in [-0.2, 0) is 22.4 Å². The summed E-state index contributed by atoms with van der Waals surface area (Å²) in [6, 6.07) is 6.16. The van der Waals surface area contributed by atoms with Crippen molar-refractivity contribution in [1.82, 2.24) is 0 Å². The van der Waals surface area contributed by atoms with Crippen LogP contribution in [0.25, 0.3) is 0 Å². The molecule has 0 N–H and O–H groups in total. The van der Waals surface area contributed by atoms with Crippen LogP contribution in [0.2, 0.25) is 0 Å². The first-order valence-electron chi connectivity index (χ1n) is 6.02. The molecule has 0 saturated carbocycles. The number of rotatable bonds is 2. The van der Waals surface area contributed by atoms with Crippen LogP contribution in [0.1, 0.15) is 30.9 Å². The Kier molecular flexibility index (Phi) is 3.67. The first-order chi connectivity index (χ1) is 8.19. The number of hydrogen-bond donors (Lipinski definition) is 0. The minimum atomic E-state index is -0.193. The number of hydrogen-bond acceptors (Lipinski definition) is 3. The molecule has 0 heterocycles. The zero-order chi connectivity index (χ0) is 12.3. The summed E-state index contributed by atoms with van der Waals surface area (Å²) in [5.41, 5.74) is 2.59. The molecule has 0 radical (unpaired) electrons. The van der Waals surface area contributed by atoms with Gasteiger partial charge in [-0.3, -0.25) is 4.79 Å². The minimum absolute atomic E-state index is 0.0147. The van der Waals surface area contributed by atoms with Crippen LogP contribution in [0.4, 0.5) is 0 Å². The number of benzene rings is 1. The molecule has 0 aliphatic heterocycles. The van der Waals surface area contributed by atoms with E-state index >= 15 is 0 Å². The third kappa shape index (κ3) is 2.99. The van der Waals surface area contributed by atoms with Gasteiger partial charge in [0.05, 0.1) is 7.11 Å². The Morgan fingerprint density at radius 1 is 1.35 bits per heavy atom. The fraction of sp³-hybridized carbons (Fsp3) is 0.500. The molecule has 17 heavy (non-hydrogen) atoms. The quantitative estimate of drug-likeness (QED) is 0.582. The molecule has 2 rings (SSSR count). The fourth-order valence-electron chi connectivity index (χ4n) is 2.37. The summed E-state index contributed by atoms with van der Waals surface area (Å²) in [7, 11) is 1.67. The Bertz CT molecular complexity index is 412. The van der Waals surface area contributed by atoms with Gasteiger partial charge in [-0.2, -0.15) is 0 Å². The molecule has 0 aromatic heterocycles. The van der Waals surface area contributed by atoms with Crippen molar-refractivity contribution in [1.29, 1.82) is 0 Å². The Morgan fingerprint density at radius 3 is 2.88 bits per heavy atom. The lowest BCUT2D eigenvalue weighted by Gasteiger charge is -2.15. The summed E-state index contributed by atoms with van der Waals surface area (Å²) < 4.78 is 10.6. The molecule has 0 amide bonds. The second kappa shape index (κ2) is 5.21. The molecular weight excluding hydrogens is 216 g/mol. The molecule has 0 fully saturated rings. The lowest BCUT2D eigenvalue weighted by molar-refractivity contribution is -0.146. The Morgan fingerprint density at radius 2 is 2.18 bits per heavy atom. The van der Waals surface area contributed by atoms with Crippen LogP contribution >= 0.6 is 0 Å². The highest BCUT2D eigenvalue weighted by molar-refractivity contribution is 5.66. The molecule has 3 nitrogen and oxygen atoms in total. The molecule has 3 heteroatoms. The summed E-state index contributed by atoms with van der Waals surface area (Å²) >= 11 is 0. The SMILES string of the molecule is COc1ccc2c(c1)CC(OC(C)=O)CCC2. The molecule has 92 valence electrons. The topological polar surface area (TPSA) is 35.5 Å². The van der Waals surface area contributed by atoms with E-state index in [0.717, 1.165) is 31.4 Å². The van der Waals surface area contributed by atoms with Crippen molar-refractivity contribution in [2.24, 2.45) is 0 Å². The number of ether oxygens (including phenoxy) is 2. The maximum absolute atomic E-state index is 11.0. The minimum Gasteiger partial charge on any atom is -0.497 e. The van der Waals surface area contributed by atoms with Gasteiger partial charge in [-0.15, -0.1) is 0 Å². The van der Waals surface area contributed by atoms with E-state index in [9.17, 15) is 4.79 Å². The van der Waals surface area contributed by atoms with E-state index in [2.05, 4.69) is 12.1 Å². The molecule has 1 atom stereocenters. The van der Waals surface area contributed by atoms with Crippen molar-refractivity contribution in [3.8, 4) is 5.75 Å². The normalized spacial score (nSPS) is 19.1. The summed E-state index contributed by atoms with van der Waals surface area (Å²) in [6.07, 6.45) is 3.87. The smallest absolute Gasteiger partial charge is 0.302 e. The average Bonchev–Trinajstić information content (AvgIpc) is 2.48. The van der Waals surface area contributed by atoms with Crippen molar-refractivity contribution in [3.05, 3.63) is 29.3 Å². The number of fused-ring (bicyclic) bond motifs is 1. The first kappa shape index (κ1) is 12.0. The maximum Gasteiger partial charge on any atom is 0.302 e. The summed E-state index contributed by atoms with van der Waals surface area (Å²) in [6.45, 7) is 1.47. The zero-order valence-electron chi connectivity index (χ0n) is 10.4. The molecule has 1 aliphatic carbocycles. The number of carbonyl (C=O) groups excluding carboxylic acids is 1. The molecule has 1 aromatic carbocycles. The number of esters is 1. The van der Waals surface area contributed by atoms with Crippen molar-refractivity contribution < 1.29 is 14.3 Å². The van der Waals surface area contributed by atoms with Crippen LogP contribution in [0.15, 0.2) is 18.2 Å². The van der Waals surface area contributed by atoms with E-state index < -0.39 is 0 Å². The highest BCUT2D eigenvalue weighted by Gasteiger charge is 2.19. The van der Waals surface area contributed by atoms with Gasteiger partial charge in [0.2, 0.25) is 0 Å². The van der Waals surface area contributed by atoms with Gasteiger partial charge in [-0.05, 0) is 42.5 Å². The lowest BCUT2D eigenvalue weighted by atomic mass is 10.0. The third-order valence-corrected chi connectivity index (χ3v) is 3.17. The highest BCUT2D eigenvalue weighted by atomic mass is 16.5. The van der Waals surface area contributed by atoms with Crippen molar-refractivity contribution in [3.63, 3.8) is 0 Å². The Labute approximate surface area is 102 Å². The molecule has 0 spiro atoms. The lowest BCUT2D eigenvalue weighted by Crippen LogP contribution is -2.18. The Balaban J connectivity index is 2.19. The molecule has 0 bridgehead atoms. The van der Waals surface area contributed by atoms with Crippen LogP contribution in [0.3, 0.4) is 0 Å². The summed E-state index contributed by atoms with van der Waals surface area (Å²) in [4.78, 5) is 11.0. The standard InChI is InChI=1S/C14H18O3/c1-10(15)17-14-5-3-4-11-6-7-13(16-2)8-12(11)9-14/h6-8,14H,3-5,9H2,1-2H3. The van der Waals surface area contributed by atoms with Gasteiger partial charge in [-0.1, -0.05) is 6.07 Å². The number of carbonyl (C=O) groups is 1. The van der Waals surface area contributed by atoms with Gasteiger partial charge in [0.15, 0.2) is 0 Å². The second-order valence-electron chi connectivity index (χ2n) is 4.46. The highest BCUT2D eigenvalue weighted by Crippen LogP contribution is 2.26. The first-order valence-corrected chi connectivity index (χ1v) is 6.02. The second-order valence-corrected chi connectivity index (χ2v) is 4.46. The molecule has 1 aliphatic rings. The summed E-state index contributed by atoms with van der Waals surface area (Å²) in [5.74, 6) is 0.675. The van der Waals surface area contributed by atoms with Gasteiger partial charge in [0.25, 0.3) is 0 Å². The fourth-order valence-corrected chi connectivity index (χ4v) is 2.37. The van der Waals surface area contributed by atoms with Gasteiger partial charge in [-0.25, -0.2) is 0 Å². The van der Waals surface area contributed by atoms with Gasteiger partial charge < -0.3 is 9.47 Å². The van der Waals surface area contributed by atoms with Crippen molar-refractivity contribution in [2.75, 3.05) is 7.11 Å². The van der Waals surface area contributed by atoms with Crippen molar-refractivity contribution >= 4 is 5.97 Å². The van der Waals surface area contributed by atoms with Crippen LogP contribution < -0.4 is 4.74 Å². The van der Waals surface area contributed by atoms with Gasteiger partial charge in [0.1, 0.15) is 11.9 Å². The molecule has 1 aromatic rings. The molecule has 0 saturated heterocycles.